The first kappa shape index (κ1) is 101. The number of aryl methyl sites for hydroxylation is 8. The van der Waals surface area contributed by atoms with Gasteiger partial charge in [0.05, 0.1) is 33.0 Å². The predicted molar refractivity (Wildman–Crippen MR) is 554 cm³/mol. The molecule has 5 spiro atoms. The number of halogens is 4. The Morgan fingerprint density at radius 2 is 0.597 bits per heavy atom. The fourth-order valence-electron chi connectivity index (χ4n) is 24.1. The van der Waals surface area contributed by atoms with Crippen LogP contribution < -0.4 is 39.6 Å². The number of Topliss-reactive ketones (excluding diaryl/α,β-unsaturated/α-hetero) is 2. The Kier molecular flexibility index (Phi) is 30.8. The van der Waals surface area contributed by atoms with E-state index in [2.05, 4.69) is 169 Å². The number of rotatable bonds is 17. The van der Waals surface area contributed by atoms with Crippen LogP contribution in [0.5, 0.6) is 28.9 Å². The quantitative estimate of drug-likeness (QED) is 0.0789. The number of nitrogens with zero attached hydrogens (tertiary/aromatic N) is 1. The number of pyridine rings is 1. The van der Waals surface area contributed by atoms with Gasteiger partial charge in [-0.25, -0.2) is 13.8 Å². The van der Waals surface area contributed by atoms with E-state index in [-0.39, 0.29) is 87.0 Å². The first-order valence-electron chi connectivity index (χ1n) is 51.0. The number of ketones is 2. The van der Waals surface area contributed by atoms with Gasteiger partial charge in [-0.05, 0) is 343 Å². The summed E-state index contributed by atoms with van der Waals surface area (Å²) < 4.78 is 58.3. The van der Waals surface area contributed by atoms with Crippen LogP contribution in [-0.2, 0) is 63.9 Å². The number of hydrogen-bond donors (Lipinski definition) is 3. The normalized spacial score (nSPS) is 24.4. The van der Waals surface area contributed by atoms with Crippen molar-refractivity contribution in [1.29, 1.82) is 0 Å². The first-order valence-corrected chi connectivity index (χ1v) is 51.7. The van der Waals surface area contributed by atoms with Crippen LogP contribution in [-0.4, -0.2) is 67.3 Å². The van der Waals surface area contributed by atoms with E-state index in [4.69, 9.17) is 46.9 Å². The second-order valence-electron chi connectivity index (χ2n) is 44.3. The zero-order valence-corrected chi connectivity index (χ0v) is 85.7. The third-order valence-electron chi connectivity index (χ3n) is 34.3. The maximum atomic E-state index is 14.2. The van der Waals surface area contributed by atoms with Crippen molar-refractivity contribution >= 4 is 69.6 Å². The van der Waals surface area contributed by atoms with Gasteiger partial charge >= 0.3 is 0 Å². The van der Waals surface area contributed by atoms with Crippen molar-refractivity contribution in [2.24, 2.45) is 58.2 Å². The molecular weight excluding hydrogens is 1780 g/mol. The van der Waals surface area contributed by atoms with Crippen molar-refractivity contribution in [3.8, 4) is 28.9 Å². The number of ether oxygens (including phenoxy) is 5. The molecule has 5 saturated carbocycles. The van der Waals surface area contributed by atoms with E-state index in [0.717, 1.165) is 207 Å². The van der Waals surface area contributed by atoms with Crippen LogP contribution >= 0.6 is 23.2 Å². The maximum Gasteiger partial charge on any atom is 0.227 e. The van der Waals surface area contributed by atoms with E-state index in [1.807, 2.05) is 114 Å². The Bertz CT molecular complexity index is 5810. The Hall–Kier alpha value is -10.7. The average molecular weight is 1920 g/mol. The van der Waals surface area contributed by atoms with E-state index in [0.29, 0.717) is 50.8 Å². The molecule has 6 heterocycles. The highest BCUT2D eigenvalue weighted by Gasteiger charge is 2.53. The van der Waals surface area contributed by atoms with E-state index < -0.39 is 22.5 Å². The van der Waals surface area contributed by atoms with E-state index in [9.17, 15) is 32.8 Å². The van der Waals surface area contributed by atoms with Crippen molar-refractivity contribution < 1.29 is 56.4 Å². The molecular formula is C121H142Cl2F2N4O10. The number of hydrogen-bond acceptors (Lipinski definition) is 11. The van der Waals surface area contributed by atoms with Crippen LogP contribution in [0.15, 0.2) is 194 Å². The second kappa shape index (κ2) is 42.2. The van der Waals surface area contributed by atoms with Crippen molar-refractivity contribution in [2.45, 2.75) is 272 Å². The van der Waals surface area contributed by atoms with E-state index in [1.54, 1.807) is 24.3 Å². The predicted octanol–water partition coefficient (Wildman–Crippen LogP) is 28.5. The van der Waals surface area contributed by atoms with Crippen LogP contribution in [0, 0.1) is 125 Å². The summed E-state index contributed by atoms with van der Waals surface area (Å²) in [5.41, 5.74) is 19.5. The molecule has 734 valence electrons. The first-order chi connectivity index (χ1) is 66.3. The van der Waals surface area contributed by atoms with Crippen LogP contribution in [0.25, 0.3) is 0 Å². The Labute approximate surface area is 833 Å². The molecule has 139 heavy (non-hydrogen) atoms. The lowest BCUT2D eigenvalue weighted by Gasteiger charge is -2.42. The Balaban J connectivity index is 0.000000125. The van der Waals surface area contributed by atoms with Gasteiger partial charge in [0.2, 0.25) is 23.6 Å². The van der Waals surface area contributed by atoms with Crippen LogP contribution in [0.3, 0.4) is 0 Å². The molecule has 20 rings (SSSR count). The van der Waals surface area contributed by atoms with Gasteiger partial charge in [-0.3, -0.25) is 24.0 Å². The van der Waals surface area contributed by atoms with Crippen molar-refractivity contribution in [3.05, 3.63) is 299 Å². The number of nitrogens with one attached hydrogen (secondary N) is 3. The van der Waals surface area contributed by atoms with Gasteiger partial charge in [-0.2, -0.15) is 0 Å². The molecule has 18 heteroatoms. The van der Waals surface area contributed by atoms with Crippen LogP contribution in [0.4, 0.5) is 25.8 Å². The monoisotopic (exact) mass is 1920 g/mol. The molecule has 9 aromatic carbocycles. The van der Waals surface area contributed by atoms with Gasteiger partial charge in [0, 0.05) is 130 Å². The number of carbonyl (C=O) groups is 5. The van der Waals surface area contributed by atoms with Crippen molar-refractivity contribution in [3.63, 3.8) is 0 Å². The molecule has 10 aromatic rings. The van der Waals surface area contributed by atoms with Crippen LogP contribution in [0.2, 0.25) is 10.0 Å². The molecule has 14 nitrogen and oxygen atoms in total. The summed E-state index contributed by atoms with van der Waals surface area (Å²) in [6.45, 7) is 34.7. The largest absolute Gasteiger partial charge is 0.492 e. The summed E-state index contributed by atoms with van der Waals surface area (Å²) in [5, 5.41) is 9.95. The van der Waals surface area contributed by atoms with Crippen molar-refractivity contribution in [1.82, 2.24) is 4.98 Å². The molecule has 3 atom stereocenters. The Morgan fingerprint density at radius 3 is 0.878 bits per heavy atom. The lowest BCUT2D eigenvalue weighted by Crippen LogP contribution is -2.41. The van der Waals surface area contributed by atoms with Gasteiger partial charge < -0.3 is 39.6 Å². The smallest absolute Gasteiger partial charge is 0.227 e. The van der Waals surface area contributed by atoms with Gasteiger partial charge in [0.1, 0.15) is 46.2 Å². The number of anilines is 3. The van der Waals surface area contributed by atoms with Gasteiger partial charge in [0.25, 0.3) is 0 Å². The third-order valence-corrected chi connectivity index (χ3v) is 34.7. The molecule has 10 aliphatic rings. The lowest BCUT2D eigenvalue weighted by molar-refractivity contribution is -0.131. The summed E-state index contributed by atoms with van der Waals surface area (Å²) in [5.74, 6) is 6.75. The van der Waals surface area contributed by atoms with Gasteiger partial charge in [-0.15, -0.1) is 0 Å². The highest BCUT2D eigenvalue weighted by atomic mass is 35.5. The van der Waals surface area contributed by atoms with E-state index >= 15 is 0 Å². The SMILES string of the molecule is Cc1ccc(NC(=O)[C@@H](C)C2CCC3(CC2)COc2cc(C)ccc23)cc1.Cc1ccc(NC(=O)[C@@H](C)C2CCC3(CC2)COc2ncc(C)cc23)cc1.Cc1ccc(NC(=O)[C@H](C)C2CCC3(CC2)COc2cc(C)ccc23)cc1.Cc1ccc2c(c1)OCC21CCC(C(C)(C)C(=O)Cc2ccc(Cl)cc2F)CC1.Cc1ccc2c(c1)OCC21CCC(C(C)(C)C(=O)Cc2ccc(Cl)cc2F)CC1. The molecule has 5 aliphatic heterocycles. The highest BCUT2D eigenvalue weighted by molar-refractivity contribution is 6.31. The summed E-state index contributed by atoms with van der Waals surface area (Å²) >= 11 is 11.7. The fraction of sp³-hybridized carbons (Fsp3) is 0.471. The fourth-order valence-corrected chi connectivity index (χ4v) is 24.4. The number of aromatic nitrogens is 1. The summed E-state index contributed by atoms with van der Waals surface area (Å²) in [4.78, 5) is 68.8. The minimum absolute atomic E-state index is 0.0149. The number of fused-ring (bicyclic) bond motifs is 10. The molecule has 0 radical (unpaired) electrons. The highest BCUT2D eigenvalue weighted by Crippen LogP contribution is 2.58. The molecule has 0 bridgehead atoms. The number of amides is 3. The summed E-state index contributed by atoms with van der Waals surface area (Å²) in [6.07, 6.45) is 23.2. The minimum atomic E-state index is -0.483. The lowest BCUT2D eigenvalue weighted by atomic mass is 9.60. The molecule has 0 saturated heterocycles. The average Bonchev–Trinajstić information content (AvgIpc) is 1.63. The minimum Gasteiger partial charge on any atom is -0.492 e. The molecule has 1 aromatic heterocycles. The zero-order valence-electron chi connectivity index (χ0n) is 84.2. The summed E-state index contributed by atoms with van der Waals surface area (Å²) in [7, 11) is 0. The Morgan fingerprint density at radius 1 is 0.338 bits per heavy atom. The topological polar surface area (TPSA) is 180 Å². The van der Waals surface area contributed by atoms with Crippen LogP contribution in [0.1, 0.15) is 260 Å². The maximum absolute atomic E-state index is 14.2. The van der Waals surface area contributed by atoms with Crippen molar-refractivity contribution in [2.75, 3.05) is 49.0 Å². The molecule has 3 amide bonds. The zero-order chi connectivity index (χ0) is 98.7. The van der Waals surface area contributed by atoms with Gasteiger partial charge in [0.15, 0.2) is 0 Å². The molecule has 5 aliphatic carbocycles. The third kappa shape index (κ3) is 22.5. The molecule has 5 fully saturated rings. The summed E-state index contributed by atoms with van der Waals surface area (Å²) in [6, 6.07) is 61.6. The molecule has 0 unspecified atom stereocenters. The number of benzene rings is 9. The van der Waals surface area contributed by atoms with E-state index in [1.165, 1.54) is 84.5 Å². The number of carbonyl (C=O) groups excluding carboxylic acids is 5. The standard InChI is InChI=1S/2C25H28ClFO2.2C24H29NO2.C23H28N2O2/c2*1-16-4-7-20-22(12-16)29-15-25(20)10-8-18(9-11-25)24(2,3)23(28)13-17-5-6-19(26)14-21(17)27;2*1-16-4-7-20(8-5-16)25-23(26)18(3)19-10-12-24(13-11-19)15-27-22-14-17(2)6-9-21(22)24;1-15-4-6-19(7-5-15)25-21(26)17(3)18-8-10-23(11-9-18)14-27-22-20(23)12-16(2)13-24-22/h2*4-7,12,14,18H,8-11,13,15H2,1-3H3;2*4-9,14,18-19H,10-13,15H2,1-3H3,(H,25,26);4-7,12-13,17-18H,8-11,14H2,1-3H3,(H,25,26)/t;;2*18-,19?,24?;17-,18?,23?/m..100/s1. The second-order valence-corrected chi connectivity index (χ2v) is 45.2. The molecule has 3 N–H and O–H groups in total. The van der Waals surface area contributed by atoms with Gasteiger partial charge in [-0.1, -0.05) is 185 Å².